The number of carboxylic acid groups (broad SMARTS) is 3. The van der Waals surface area contributed by atoms with E-state index >= 15 is 0 Å². The Bertz CT molecular complexity index is 1760. The Balaban J connectivity index is 0.000000545. The molecule has 0 saturated heterocycles. The number of pyridine rings is 2. The minimum absolute atomic E-state index is 0.0404. The summed E-state index contributed by atoms with van der Waals surface area (Å²) in [6, 6.07) is 15.7. The van der Waals surface area contributed by atoms with E-state index in [4.69, 9.17) is 34.4 Å². The van der Waals surface area contributed by atoms with Crippen molar-refractivity contribution >= 4 is 29.3 Å². The van der Waals surface area contributed by atoms with Crippen molar-refractivity contribution in [2.45, 2.75) is 25.1 Å². The van der Waals surface area contributed by atoms with E-state index in [0.717, 1.165) is 34.5 Å². The molecule has 0 aliphatic carbocycles. The first kappa shape index (κ1) is 45.1. The monoisotopic (exact) mass is 771 g/mol. The number of hydrogen-bond donors (Lipinski definition) is 3. The number of likely N-dealkylation sites (N-methyl/N-ethyl adjacent to an activating group) is 1. The van der Waals surface area contributed by atoms with Crippen LogP contribution in [0.2, 0.25) is 0 Å². The van der Waals surface area contributed by atoms with Gasteiger partial charge in [0, 0.05) is 43.8 Å². The van der Waals surface area contributed by atoms with Crippen molar-refractivity contribution in [3.8, 4) is 16.9 Å². The maximum absolute atomic E-state index is 13.6. The van der Waals surface area contributed by atoms with E-state index in [1.807, 2.05) is 73.7 Å². The molecule has 3 heterocycles. The lowest BCUT2D eigenvalue weighted by Gasteiger charge is -2.24. The molecule has 1 aromatic carbocycles. The molecule has 53 heavy (non-hydrogen) atoms. The molecule has 0 bridgehead atoms. The zero-order valence-corrected chi connectivity index (χ0v) is 27.6. The number of fused-ring (bicyclic) bond motifs is 1. The second-order valence-corrected chi connectivity index (χ2v) is 10.3. The standard InChI is InChI=1S/C25H27N5O2.3C2HF3O2/c1-28(2)13-14-29(17-19-5-4-6-22(15-19)32-3)25(31)23-16-27-30-18-21(7-8-24(23)30)20-9-11-26-12-10-20;3*3-2(4,5)1(6)7/h4-12,15-16,18H,13-14,17H2,1-3H3;3*(H,6,7). The molecule has 1 amide bonds. The van der Waals surface area contributed by atoms with Gasteiger partial charge in [-0.15, -0.1) is 0 Å². The van der Waals surface area contributed by atoms with Crippen LogP contribution in [0, 0.1) is 0 Å². The van der Waals surface area contributed by atoms with Gasteiger partial charge in [-0.25, -0.2) is 18.9 Å². The number of halogens is 9. The molecule has 3 aromatic heterocycles. The fraction of sp³-hybridized carbons (Fsp3) is 0.290. The van der Waals surface area contributed by atoms with Crippen molar-refractivity contribution in [2.24, 2.45) is 0 Å². The first-order chi connectivity index (χ1) is 24.4. The zero-order valence-electron chi connectivity index (χ0n) is 27.6. The third-order valence-corrected chi connectivity index (χ3v) is 6.10. The van der Waals surface area contributed by atoms with Crippen molar-refractivity contribution in [3.63, 3.8) is 0 Å². The number of methoxy groups -OCH3 is 1. The normalized spacial score (nSPS) is 11.2. The Hall–Kier alpha value is -5.93. The van der Waals surface area contributed by atoms with E-state index in [0.29, 0.717) is 18.7 Å². The summed E-state index contributed by atoms with van der Waals surface area (Å²) >= 11 is 0. The lowest BCUT2D eigenvalue weighted by Crippen LogP contribution is -2.36. The van der Waals surface area contributed by atoms with Crippen molar-refractivity contribution in [2.75, 3.05) is 34.3 Å². The van der Waals surface area contributed by atoms with Crippen LogP contribution in [0.4, 0.5) is 39.5 Å². The Morgan fingerprint density at radius 3 is 1.72 bits per heavy atom. The molecule has 290 valence electrons. The highest BCUT2D eigenvalue weighted by Crippen LogP contribution is 2.23. The van der Waals surface area contributed by atoms with Crippen LogP contribution >= 0.6 is 0 Å². The summed E-state index contributed by atoms with van der Waals surface area (Å²) in [7, 11) is 5.65. The molecule has 0 radical (unpaired) electrons. The molecule has 0 aliphatic rings. The predicted molar refractivity (Wildman–Crippen MR) is 166 cm³/mol. The number of aromatic nitrogens is 3. The van der Waals surface area contributed by atoms with E-state index in [2.05, 4.69) is 15.0 Å². The summed E-state index contributed by atoms with van der Waals surface area (Å²) in [4.78, 5) is 48.3. The van der Waals surface area contributed by atoms with E-state index in [1.165, 1.54) is 0 Å². The number of amides is 1. The maximum Gasteiger partial charge on any atom is 0.490 e. The lowest BCUT2D eigenvalue weighted by molar-refractivity contribution is -0.193. The molecule has 0 atom stereocenters. The highest BCUT2D eigenvalue weighted by molar-refractivity contribution is 6.00. The molecule has 0 unspecified atom stereocenters. The minimum Gasteiger partial charge on any atom is -0.497 e. The van der Waals surface area contributed by atoms with E-state index in [9.17, 15) is 44.3 Å². The summed E-state index contributed by atoms with van der Waals surface area (Å²) in [5.41, 5.74) is 4.47. The molecule has 13 nitrogen and oxygen atoms in total. The summed E-state index contributed by atoms with van der Waals surface area (Å²) in [6.45, 7) is 1.87. The third-order valence-electron chi connectivity index (χ3n) is 6.10. The van der Waals surface area contributed by atoms with Gasteiger partial charge in [-0.1, -0.05) is 18.2 Å². The highest BCUT2D eigenvalue weighted by Gasteiger charge is 2.39. The van der Waals surface area contributed by atoms with Gasteiger partial charge in [0.15, 0.2) is 0 Å². The number of ether oxygens (including phenoxy) is 1. The van der Waals surface area contributed by atoms with E-state index in [1.54, 1.807) is 30.2 Å². The van der Waals surface area contributed by atoms with Gasteiger partial charge in [-0.05, 0) is 55.6 Å². The van der Waals surface area contributed by atoms with Gasteiger partial charge in [-0.2, -0.15) is 44.6 Å². The largest absolute Gasteiger partial charge is 0.497 e. The van der Waals surface area contributed by atoms with E-state index in [-0.39, 0.29) is 5.91 Å². The Morgan fingerprint density at radius 2 is 1.26 bits per heavy atom. The van der Waals surface area contributed by atoms with Crippen LogP contribution in [0.15, 0.2) is 73.3 Å². The Labute approximate surface area is 293 Å². The number of benzene rings is 1. The minimum atomic E-state index is -5.08. The van der Waals surface area contributed by atoms with Gasteiger partial charge >= 0.3 is 36.4 Å². The number of carbonyl (C=O) groups excluding carboxylic acids is 1. The second-order valence-electron chi connectivity index (χ2n) is 10.3. The van der Waals surface area contributed by atoms with Gasteiger partial charge in [0.25, 0.3) is 5.91 Å². The molecule has 0 aliphatic heterocycles. The number of nitrogens with zero attached hydrogens (tertiary/aromatic N) is 5. The molecule has 4 rings (SSSR count). The highest BCUT2D eigenvalue weighted by atomic mass is 19.4. The zero-order chi connectivity index (χ0) is 40.7. The first-order valence-electron chi connectivity index (χ1n) is 14.2. The average Bonchev–Trinajstić information content (AvgIpc) is 3.49. The quantitative estimate of drug-likeness (QED) is 0.193. The fourth-order valence-electron chi connectivity index (χ4n) is 3.60. The number of alkyl halides is 9. The summed E-state index contributed by atoms with van der Waals surface area (Å²) in [5.74, 6) is -7.53. The van der Waals surface area contributed by atoms with Crippen molar-refractivity contribution in [1.29, 1.82) is 0 Å². The number of carboxylic acids is 3. The summed E-state index contributed by atoms with van der Waals surface area (Å²) in [5, 5.41) is 25.8. The Kier molecular flexibility index (Phi) is 16.7. The van der Waals surface area contributed by atoms with Gasteiger partial charge in [0.2, 0.25) is 0 Å². The number of aliphatic carboxylic acids is 3. The number of carbonyl (C=O) groups is 4. The molecule has 0 fully saturated rings. The van der Waals surface area contributed by atoms with Crippen LogP contribution in [0.3, 0.4) is 0 Å². The molecule has 0 saturated carbocycles. The molecule has 4 aromatic rings. The topological polar surface area (TPSA) is 175 Å². The van der Waals surface area contributed by atoms with E-state index < -0.39 is 36.4 Å². The second kappa shape index (κ2) is 19.6. The van der Waals surface area contributed by atoms with Crippen LogP contribution in [0.5, 0.6) is 5.75 Å². The molecular weight excluding hydrogens is 741 g/mol. The first-order valence-corrected chi connectivity index (χ1v) is 14.2. The van der Waals surface area contributed by atoms with Gasteiger partial charge in [0.1, 0.15) is 5.75 Å². The van der Waals surface area contributed by atoms with Crippen LogP contribution < -0.4 is 4.74 Å². The molecule has 3 N–H and O–H groups in total. The van der Waals surface area contributed by atoms with Crippen molar-refractivity contribution < 1.29 is 78.7 Å². The van der Waals surface area contributed by atoms with Gasteiger partial charge in [-0.3, -0.25) is 9.78 Å². The van der Waals surface area contributed by atoms with Crippen LogP contribution in [0.1, 0.15) is 15.9 Å². The average molecular weight is 772 g/mol. The van der Waals surface area contributed by atoms with Crippen LogP contribution in [-0.4, -0.2) is 116 Å². The fourth-order valence-corrected chi connectivity index (χ4v) is 3.60. The van der Waals surface area contributed by atoms with Crippen molar-refractivity contribution in [1.82, 2.24) is 24.4 Å². The van der Waals surface area contributed by atoms with Crippen LogP contribution in [-0.2, 0) is 20.9 Å². The van der Waals surface area contributed by atoms with Gasteiger partial charge in [0.05, 0.1) is 24.4 Å². The SMILES string of the molecule is COc1cccc(CN(CCN(C)C)C(=O)c2cnn3cc(-c4ccncc4)ccc23)c1.O=C(O)C(F)(F)F.O=C(O)C(F)(F)F.O=C(O)C(F)(F)F. The maximum atomic E-state index is 13.6. The third kappa shape index (κ3) is 15.9. The molecular formula is C31H30F9N5O8. The summed E-state index contributed by atoms with van der Waals surface area (Å²) < 4.78 is 102. The molecule has 22 heteroatoms. The smallest absolute Gasteiger partial charge is 0.490 e. The summed E-state index contributed by atoms with van der Waals surface area (Å²) in [6.07, 6.45) is -8.13. The van der Waals surface area contributed by atoms with Gasteiger partial charge < -0.3 is 29.9 Å². The predicted octanol–water partition coefficient (Wildman–Crippen LogP) is 5.51. The Morgan fingerprint density at radius 1 is 0.755 bits per heavy atom. The van der Waals surface area contributed by atoms with Crippen molar-refractivity contribution in [3.05, 3.63) is 84.4 Å². The number of hydrogen-bond acceptors (Lipinski definition) is 8. The number of rotatable bonds is 8. The molecule has 0 spiro atoms. The van der Waals surface area contributed by atoms with Crippen LogP contribution in [0.25, 0.3) is 16.6 Å². The lowest BCUT2D eigenvalue weighted by atomic mass is 10.1.